The van der Waals surface area contributed by atoms with Crippen LogP contribution in [-0.4, -0.2) is 51.6 Å². The van der Waals surface area contributed by atoms with Crippen molar-refractivity contribution in [3.05, 3.63) is 83.9 Å². The van der Waals surface area contributed by atoms with Crippen LogP contribution in [-0.2, 0) is 0 Å². The largest absolute Gasteiger partial charge is 0.493 e. The monoisotopic (exact) mass is 742 g/mol. The second-order valence-corrected chi connectivity index (χ2v) is 12.5. The Hall–Kier alpha value is -5.38. The van der Waals surface area contributed by atoms with Crippen molar-refractivity contribution < 1.29 is 47.5 Å². The minimum atomic E-state index is -0.669. The summed E-state index contributed by atoms with van der Waals surface area (Å²) in [4.78, 5) is 28.1. The van der Waals surface area contributed by atoms with E-state index in [0.29, 0.717) is 79.7 Å². The molecule has 54 heavy (non-hydrogen) atoms. The number of carbonyl (C=O) groups is 2. The predicted octanol–water partition coefficient (Wildman–Crippen LogP) is 10.5. The fraction of sp³-hybridized carbons (Fsp3) is 0.409. The lowest BCUT2D eigenvalue weighted by Crippen LogP contribution is -2.15. The molecule has 0 atom stereocenters. The number of ether oxygens (including phenoxy) is 8. The Bertz CT molecular complexity index is 1730. The van der Waals surface area contributed by atoms with Gasteiger partial charge in [0.05, 0.1) is 39.6 Å². The lowest BCUT2D eigenvalue weighted by molar-refractivity contribution is 0.0709. The Morgan fingerprint density at radius 3 is 1.20 bits per heavy atom. The topological polar surface area (TPSA) is 108 Å². The molecular weight excluding hydrogens is 688 g/mol. The van der Waals surface area contributed by atoms with Gasteiger partial charge in [-0.05, 0) is 62.3 Å². The Kier molecular flexibility index (Phi) is 16.8. The van der Waals surface area contributed by atoms with Crippen LogP contribution in [0.15, 0.2) is 72.8 Å². The number of rotatable bonds is 23. The number of esters is 2. The smallest absolute Gasteiger partial charge is 0.351 e. The van der Waals surface area contributed by atoms with Gasteiger partial charge in [0, 0.05) is 29.8 Å². The van der Waals surface area contributed by atoms with Crippen LogP contribution in [0.3, 0.4) is 0 Å². The van der Waals surface area contributed by atoms with Gasteiger partial charge in [0.2, 0.25) is 0 Å². The molecule has 0 spiro atoms. The van der Waals surface area contributed by atoms with Crippen LogP contribution in [0.5, 0.6) is 46.0 Å². The van der Waals surface area contributed by atoms with E-state index in [1.807, 2.05) is 71.9 Å². The van der Waals surface area contributed by atoms with E-state index in [4.69, 9.17) is 37.9 Å². The van der Waals surface area contributed by atoms with Gasteiger partial charge in [-0.3, -0.25) is 0 Å². The summed E-state index contributed by atoms with van der Waals surface area (Å²) in [5.74, 6) is 1.45. The molecule has 290 valence electrons. The van der Waals surface area contributed by atoms with Crippen molar-refractivity contribution in [3.8, 4) is 57.1 Å². The SMILES string of the molecule is CCCOc1cc(OCCC)c(C(=O)Oc2ccc(OC(=O)c3c(OCCC)cc(OCCC)cc3OCCC)c(-c3ccccc3)c2)c(OCCC)c1. The van der Waals surface area contributed by atoms with Crippen LogP contribution in [0.25, 0.3) is 11.1 Å². The molecule has 0 bridgehead atoms. The van der Waals surface area contributed by atoms with Crippen LogP contribution in [0.2, 0.25) is 0 Å². The first-order valence-corrected chi connectivity index (χ1v) is 19.1. The van der Waals surface area contributed by atoms with Gasteiger partial charge in [-0.25, -0.2) is 9.59 Å². The van der Waals surface area contributed by atoms with Crippen LogP contribution >= 0.6 is 0 Å². The Morgan fingerprint density at radius 1 is 0.407 bits per heavy atom. The summed E-state index contributed by atoms with van der Waals surface area (Å²) in [6.45, 7) is 14.5. The van der Waals surface area contributed by atoms with Gasteiger partial charge < -0.3 is 37.9 Å². The Morgan fingerprint density at radius 2 is 0.796 bits per heavy atom. The fourth-order valence-corrected chi connectivity index (χ4v) is 5.26. The molecule has 0 aliphatic rings. The van der Waals surface area contributed by atoms with Crippen molar-refractivity contribution in [3.63, 3.8) is 0 Å². The third-order valence-corrected chi connectivity index (χ3v) is 7.73. The first-order chi connectivity index (χ1) is 26.4. The number of hydrogen-bond acceptors (Lipinski definition) is 10. The van der Waals surface area contributed by atoms with E-state index in [-0.39, 0.29) is 22.6 Å². The van der Waals surface area contributed by atoms with Crippen LogP contribution in [0.4, 0.5) is 0 Å². The average molecular weight is 743 g/mol. The molecule has 10 nitrogen and oxygen atoms in total. The first kappa shape index (κ1) is 41.4. The zero-order chi connectivity index (χ0) is 38.7. The lowest BCUT2D eigenvalue weighted by Gasteiger charge is -2.19. The highest BCUT2D eigenvalue weighted by Crippen LogP contribution is 2.40. The van der Waals surface area contributed by atoms with Crippen LogP contribution in [0.1, 0.15) is 101 Å². The van der Waals surface area contributed by atoms with Gasteiger partial charge in [-0.1, -0.05) is 71.9 Å². The standard InChI is InChI=1S/C44H54O10/c1-7-20-47-33-27-37(49-22-9-3)41(38(28-33)50-23-10-4)43(45)53-32-18-19-36(35(26-32)31-16-14-13-15-17-31)54-44(46)42-39(51-24-11-5)29-34(48-21-8-2)30-40(42)52-25-12-6/h13-19,26-30H,7-12,20-25H2,1-6H3. The van der Waals surface area contributed by atoms with Crippen molar-refractivity contribution in [2.24, 2.45) is 0 Å². The summed E-state index contributed by atoms with van der Waals surface area (Å²) in [5.41, 5.74) is 1.57. The maximum Gasteiger partial charge on any atom is 0.351 e. The van der Waals surface area contributed by atoms with E-state index >= 15 is 0 Å². The number of benzene rings is 4. The quantitative estimate of drug-likeness (QED) is 0.0538. The molecule has 0 aliphatic carbocycles. The first-order valence-electron chi connectivity index (χ1n) is 19.1. The molecular formula is C44H54O10. The molecule has 0 fully saturated rings. The maximum absolute atomic E-state index is 14.1. The van der Waals surface area contributed by atoms with Crippen molar-refractivity contribution >= 4 is 11.9 Å². The van der Waals surface area contributed by atoms with Gasteiger partial charge in [0.15, 0.2) is 0 Å². The minimum Gasteiger partial charge on any atom is -0.493 e. The van der Waals surface area contributed by atoms with E-state index in [2.05, 4.69) is 0 Å². The van der Waals surface area contributed by atoms with Gasteiger partial charge in [-0.2, -0.15) is 0 Å². The molecule has 0 N–H and O–H groups in total. The maximum atomic E-state index is 14.1. The van der Waals surface area contributed by atoms with E-state index in [1.54, 1.807) is 42.5 Å². The molecule has 0 aromatic heterocycles. The lowest BCUT2D eigenvalue weighted by atomic mass is 10.0. The van der Waals surface area contributed by atoms with Gasteiger partial charge >= 0.3 is 11.9 Å². The highest BCUT2D eigenvalue weighted by Gasteiger charge is 2.27. The summed E-state index contributed by atoms with van der Waals surface area (Å²) in [5, 5.41) is 0. The summed E-state index contributed by atoms with van der Waals surface area (Å²) in [7, 11) is 0. The molecule has 0 unspecified atom stereocenters. The predicted molar refractivity (Wildman–Crippen MR) is 209 cm³/mol. The molecule has 0 heterocycles. The molecule has 0 saturated carbocycles. The Balaban J connectivity index is 1.75. The third-order valence-electron chi connectivity index (χ3n) is 7.73. The molecule has 0 amide bonds. The van der Waals surface area contributed by atoms with Crippen LogP contribution < -0.4 is 37.9 Å². The molecule has 0 radical (unpaired) electrons. The van der Waals surface area contributed by atoms with E-state index in [1.165, 1.54) is 0 Å². The van der Waals surface area contributed by atoms with Crippen molar-refractivity contribution in [1.29, 1.82) is 0 Å². The van der Waals surface area contributed by atoms with E-state index < -0.39 is 11.9 Å². The average Bonchev–Trinajstić information content (AvgIpc) is 3.19. The highest BCUT2D eigenvalue weighted by molar-refractivity contribution is 5.99. The van der Waals surface area contributed by atoms with E-state index in [9.17, 15) is 9.59 Å². The van der Waals surface area contributed by atoms with Gasteiger partial charge in [-0.15, -0.1) is 0 Å². The van der Waals surface area contributed by atoms with E-state index in [0.717, 1.165) is 44.1 Å². The molecule has 10 heteroatoms. The zero-order valence-corrected chi connectivity index (χ0v) is 32.5. The molecule has 0 saturated heterocycles. The summed E-state index contributed by atoms with van der Waals surface area (Å²) in [6.07, 6.45) is 4.55. The zero-order valence-electron chi connectivity index (χ0n) is 32.5. The highest BCUT2D eigenvalue weighted by atomic mass is 16.6. The summed E-state index contributed by atoms with van der Waals surface area (Å²) < 4.78 is 48.1. The number of carbonyl (C=O) groups excluding carboxylic acids is 2. The molecule has 4 rings (SSSR count). The molecule has 4 aromatic carbocycles. The van der Waals surface area contributed by atoms with Crippen LogP contribution in [0, 0.1) is 0 Å². The van der Waals surface area contributed by atoms with Crippen molar-refractivity contribution in [2.75, 3.05) is 39.6 Å². The summed E-state index contributed by atoms with van der Waals surface area (Å²) in [6, 6.07) is 21.0. The second-order valence-electron chi connectivity index (χ2n) is 12.5. The van der Waals surface area contributed by atoms with Gasteiger partial charge in [0.25, 0.3) is 0 Å². The second kappa shape index (κ2) is 22.0. The normalized spacial score (nSPS) is 10.7. The fourth-order valence-electron chi connectivity index (χ4n) is 5.26. The Labute approximate surface area is 319 Å². The molecule has 4 aromatic rings. The molecule has 0 aliphatic heterocycles. The minimum absolute atomic E-state index is 0.154. The number of hydrogen-bond donors (Lipinski definition) is 0. The van der Waals surface area contributed by atoms with Crippen molar-refractivity contribution in [2.45, 2.75) is 80.1 Å². The van der Waals surface area contributed by atoms with Crippen molar-refractivity contribution in [1.82, 2.24) is 0 Å². The third kappa shape index (κ3) is 11.6. The summed E-state index contributed by atoms with van der Waals surface area (Å²) >= 11 is 0. The van der Waals surface area contributed by atoms with Gasteiger partial charge in [0.1, 0.15) is 57.1 Å².